The first-order valence-electron chi connectivity index (χ1n) is 10.8. The molecule has 0 heterocycles. The summed E-state index contributed by atoms with van der Waals surface area (Å²) in [7, 11) is 0. The standard InChI is InChI=1S/C22H43NO2/c1-4-5-6-7-8-9-10-11-12-13-14-15-16-17-18-19-20-25-23-22(24)21(2)3/h2,4-20H2,1,3H3,(H,23,24). The molecule has 0 aromatic rings. The van der Waals surface area contributed by atoms with Crippen LogP contribution in [0.5, 0.6) is 0 Å². The van der Waals surface area contributed by atoms with Gasteiger partial charge in [-0.1, -0.05) is 110 Å². The molecule has 0 fully saturated rings. The number of carbonyl (C=O) groups is 1. The number of amides is 1. The lowest BCUT2D eigenvalue weighted by atomic mass is 10.0. The van der Waals surface area contributed by atoms with Gasteiger partial charge in [0.1, 0.15) is 0 Å². The van der Waals surface area contributed by atoms with Crippen LogP contribution in [0.4, 0.5) is 0 Å². The summed E-state index contributed by atoms with van der Waals surface area (Å²) < 4.78 is 0. The number of nitrogens with one attached hydrogen (secondary N) is 1. The lowest BCUT2D eigenvalue weighted by molar-refractivity contribution is -0.129. The van der Waals surface area contributed by atoms with Crippen LogP contribution in [0.2, 0.25) is 0 Å². The zero-order chi connectivity index (χ0) is 18.6. The minimum atomic E-state index is -0.225. The summed E-state index contributed by atoms with van der Waals surface area (Å²) in [6, 6.07) is 0. The summed E-state index contributed by atoms with van der Waals surface area (Å²) in [5.41, 5.74) is 2.87. The van der Waals surface area contributed by atoms with Gasteiger partial charge in [-0.2, -0.15) is 0 Å². The van der Waals surface area contributed by atoms with Gasteiger partial charge < -0.3 is 0 Å². The van der Waals surface area contributed by atoms with Crippen LogP contribution in [-0.2, 0) is 9.63 Å². The monoisotopic (exact) mass is 353 g/mol. The van der Waals surface area contributed by atoms with Gasteiger partial charge in [-0.15, -0.1) is 0 Å². The highest BCUT2D eigenvalue weighted by Gasteiger charge is 2.00. The molecule has 1 N–H and O–H groups in total. The van der Waals surface area contributed by atoms with Crippen LogP contribution < -0.4 is 5.48 Å². The minimum absolute atomic E-state index is 0.225. The summed E-state index contributed by atoms with van der Waals surface area (Å²) in [4.78, 5) is 16.3. The quantitative estimate of drug-likeness (QED) is 0.156. The molecule has 3 heteroatoms. The van der Waals surface area contributed by atoms with Crippen molar-refractivity contribution < 1.29 is 9.63 Å². The van der Waals surface area contributed by atoms with E-state index < -0.39 is 0 Å². The molecule has 0 aliphatic carbocycles. The average Bonchev–Trinajstić information content (AvgIpc) is 2.60. The largest absolute Gasteiger partial charge is 0.273 e. The molecule has 3 nitrogen and oxygen atoms in total. The van der Waals surface area contributed by atoms with Gasteiger partial charge in [0, 0.05) is 5.57 Å². The molecule has 0 saturated carbocycles. The Morgan fingerprint density at radius 1 is 0.720 bits per heavy atom. The van der Waals surface area contributed by atoms with E-state index in [2.05, 4.69) is 19.0 Å². The van der Waals surface area contributed by atoms with Crippen molar-refractivity contribution in [3.05, 3.63) is 12.2 Å². The molecule has 0 unspecified atom stereocenters. The van der Waals surface area contributed by atoms with Crippen LogP contribution in [0.15, 0.2) is 12.2 Å². The van der Waals surface area contributed by atoms with Crippen molar-refractivity contribution in [2.24, 2.45) is 0 Å². The van der Waals surface area contributed by atoms with E-state index in [9.17, 15) is 4.79 Å². The van der Waals surface area contributed by atoms with Crippen molar-refractivity contribution in [3.8, 4) is 0 Å². The van der Waals surface area contributed by atoms with Crippen LogP contribution in [0.25, 0.3) is 0 Å². The Morgan fingerprint density at radius 3 is 1.44 bits per heavy atom. The first kappa shape index (κ1) is 24.2. The second-order valence-electron chi connectivity index (χ2n) is 7.36. The number of carbonyl (C=O) groups excluding carboxylic acids is 1. The third-order valence-electron chi connectivity index (χ3n) is 4.65. The molecule has 0 aliphatic heterocycles. The smallest absolute Gasteiger partial charge is 0.269 e. The van der Waals surface area contributed by atoms with Gasteiger partial charge in [-0.25, -0.2) is 5.48 Å². The summed E-state index contributed by atoms with van der Waals surface area (Å²) in [6.07, 6.45) is 21.8. The normalized spacial score (nSPS) is 10.8. The molecular formula is C22H43NO2. The van der Waals surface area contributed by atoms with Crippen molar-refractivity contribution in [3.63, 3.8) is 0 Å². The fourth-order valence-electron chi connectivity index (χ4n) is 2.93. The molecule has 0 radical (unpaired) electrons. The molecule has 0 aromatic heterocycles. The summed E-state index contributed by atoms with van der Waals surface area (Å²) in [6.45, 7) is 8.11. The Bertz CT molecular complexity index is 315. The molecule has 1 amide bonds. The molecule has 0 bridgehead atoms. The zero-order valence-corrected chi connectivity index (χ0v) is 17.0. The van der Waals surface area contributed by atoms with Crippen molar-refractivity contribution in [1.82, 2.24) is 5.48 Å². The first-order valence-corrected chi connectivity index (χ1v) is 10.8. The van der Waals surface area contributed by atoms with E-state index in [0.29, 0.717) is 12.2 Å². The van der Waals surface area contributed by atoms with E-state index in [0.717, 1.165) is 6.42 Å². The number of hydrogen-bond donors (Lipinski definition) is 1. The van der Waals surface area contributed by atoms with Gasteiger partial charge in [0.2, 0.25) is 0 Å². The summed E-state index contributed by atoms with van der Waals surface area (Å²) in [5, 5.41) is 0. The average molecular weight is 354 g/mol. The molecule has 148 valence electrons. The van der Waals surface area contributed by atoms with Crippen molar-refractivity contribution in [2.45, 2.75) is 117 Å². The van der Waals surface area contributed by atoms with Crippen molar-refractivity contribution in [2.75, 3.05) is 6.61 Å². The van der Waals surface area contributed by atoms with Crippen LogP contribution in [0.1, 0.15) is 117 Å². The highest BCUT2D eigenvalue weighted by Crippen LogP contribution is 2.13. The van der Waals surface area contributed by atoms with Crippen LogP contribution in [0.3, 0.4) is 0 Å². The number of rotatable bonds is 19. The molecule has 0 aromatic carbocycles. The molecule has 0 spiro atoms. The second-order valence-corrected chi connectivity index (χ2v) is 7.36. The molecule has 0 rings (SSSR count). The Labute approximate surface area is 156 Å². The van der Waals surface area contributed by atoms with Crippen LogP contribution in [0, 0.1) is 0 Å². The lowest BCUT2D eigenvalue weighted by Gasteiger charge is -2.05. The second kappa shape index (κ2) is 19.5. The first-order chi connectivity index (χ1) is 12.2. The molecular weight excluding hydrogens is 310 g/mol. The maximum atomic E-state index is 11.2. The van der Waals surface area contributed by atoms with Gasteiger partial charge in [0.15, 0.2) is 0 Å². The third kappa shape index (κ3) is 19.3. The highest BCUT2D eigenvalue weighted by molar-refractivity contribution is 5.91. The predicted octanol–water partition coefficient (Wildman–Crippen LogP) is 6.87. The fraction of sp³-hybridized carbons (Fsp3) is 0.864. The van der Waals surface area contributed by atoms with E-state index in [1.807, 2.05) is 0 Å². The van der Waals surface area contributed by atoms with Gasteiger partial charge in [0.05, 0.1) is 6.61 Å². The Balaban J connectivity index is 3.05. The number of hydrogen-bond acceptors (Lipinski definition) is 2. The van der Waals surface area contributed by atoms with Gasteiger partial charge in [-0.05, 0) is 13.3 Å². The molecule has 25 heavy (non-hydrogen) atoms. The van der Waals surface area contributed by atoms with Gasteiger partial charge in [0.25, 0.3) is 5.91 Å². The van der Waals surface area contributed by atoms with E-state index >= 15 is 0 Å². The van der Waals surface area contributed by atoms with E-state index in [1.54, 1.807) is 6.92 Å². The molecule has 0 atom stereocenters. The van der Waals surface area contributed by atoms with Crippen LogP contribution in [-0.4, -0.2) is 12.5 Å². The molecule has 0 aliphatic rings. The number of hydroxylamine groups is 1. The van der Waals surface area contributed by atoms with E-state index in [4.69, 9.17) is 4.84 Å². The predicted molar refractivity (Wildman–Crippen MR) is 108 cm³/mol. The SMILES string of the molecule is C=C(C)C(=O)NOCCCCCCCCCCCCCCCCCC. The molecule has 0 saturated heterocycles. The van der Waals surface area contributed by atoms with Gasteiger partial charge >= 0.3 is 0 Å². The van der Waals surface area contributed by atoms with Gasteiger partial charge in [-0.3, -0.25) is 9.63 Å². The number of unbranched alkanes of at least 4 members (excludes halogenated alkanes) is 15. The minimum Gasteiger partial charge on any atom is -0.273 e. The van der Waals surface area contributed by atoms with E-state index in [1.165, 1.54) is 96.3 Å². The summed E-state index contributed by atoms with van der Waals surface area (Å²) >= 11 is 0. The lowest BCUT2D eigenvalue weighted by Crippen LogP contribution is -2.24. The van der Waals surface area contributed by atoms with Crippen molar-refractivity contribution >= 4 is 5.91 Å². The topological polar surface area (TPSA) is 38.3 Å². The Kier molecular flexibility index (Phi) is 18.8. The zero-order valence-electron chi connectivity index (χ0n) is 17.0. The van der Waals surface area contributed by atoms with Crippen molar-refractivity contribution in [1.29, 1.82) is 0 Å². The summed E-state index contributed by atoms with van der Waals surface area (Å²) in [5.74, 6) is -0.225. The van der Waals surface area contributed by atoms with Crippen LogP contribution >= 0.6 is 0 Å². The maximum absolute atomic E-state index is 11.2. The maximum Gasteiger partial charge on any atom is 0.269 e. The Hall–Kier alpha value is -0.830. The Morgan fingerprint density at radius 2 is 1.08 bits per heavy atom. The third-order valence-corrected chi connectivity index (χ3v) is 4.65. The fourth-order valence-corrected chi connectivity index (χ4v) is 2.93. The highest BCUT2D eigenvalue weighted by atomic mass is 16.6. The van der Waals surface area contributed by atoms with E-state index in [-0.39, 0.29) is 5.91 Å².